The third-order valence-corrected chi connectivity index (χ3v) is 4.21. The summed E-state index contributed by atoms with van der Waals surface area (Å²) in [6.07, 6.45) is 2.78. The second-order valence-corrected chi connectivity index (χ2v) is 5.48. The second-order valence-electron chi connectivity index (χ2n) is 4.33. The molecular weight excluding hydrogens is 266 g/mol. The Kier molecular flexibility index (Phi) is 4.43. The molecular formula is C13H18ClN3S. The zero-order valence-electron chi connectivity index (χ0n) is 10.9. The first-order valence-corrected chi connectivity index (χ1v) is 7.42. The van der Waals surface area contributed by atoms with Gasteiger partial charge < -0.3 is 5.32 Å². The van der Waals surface area contributed by atoms with Crippen molar-refractivity contribution < 1.29 is 0 Å². The highest BCUT2D eigenvalue weighted by Crippen LogP contribution is 2.31. The lowest BCUT2D eigenvalue weighted by Gasteiger charge is -2.18. The maximum absolute atomic E-state index is 6.30. The van der Waals surface area contributed by atoms with Gasteiger partial charge >= 0.3 is 0 Å². The van der Waals surface area contributed by atoms with Crippen LogP contribution in [0, 0.1) is 6.92 Å². The Morgan fingerprint density at radius 2 is 2.28 bits per heavy atom. The summed E-state index contributed by atoms with van der Waals surface area (Å²) < 4.78 is 2.00. The number of halogens is 1. The van der Waals surface area contributed by atoms with E-state index < -0.39 is 0 Å². The molecule has 2 aromatic rings. The smallest absolute Gasteiger partial charge is 0.0837 e. The van der Waals surface area contributed by atoms with Crippen LogP contribution in [0.3, 0.4) is 0 Å². The molecule has 0 aliphatic heterocycles. The molecule has 2 heterocycles. The van der Waals surface area contributed by atoms with Crippen molar-refractivity contribution in [3.8, 4) is 0 Å². The van der Waals surface area contributed by atoms with Crippen molar-refractivity contribution in [3.05, 3.63) is 38.8 Å². The first-order valence-electron chi connectivity index (χ1n) is 6.10. The fourth-order valence-corrected chi connectivity index (χ4v) is 3.28. The second kappa shape index (κ2) is 5.87. The molecule has 3 nitrogen and oxygen atoms in total. The van der Waals surface area contributed by atoms with Crippen molar-refractivity contribution in [2.75, 3.05) is 7.05 Å². The van der Waals surface area contributed by atoms with Crippen LogP contribution >= 0.6 is 22.9 Å². The van der Waals surface area contributed by atoms with Gasteiger partial charge in [-0.3, -0.25) is 4.68 Å². The van der Waals surface area contributed by atoms with Gasteiger partial charge in [0.2, 0.25) is 0 Å². The Balaban J connectivity index is 2.45. The summed E-state index contributed by atoms with van der Waals surface area (Å²) in [5, 5.41) is 12.8. The van der Waals surface area contributed by atoms with Crippen LogP contribution in [0.1, 0.15) is 36.2 Å². The largest absolute Gasteiger partial charge is 0.308 e. The highest BCUT2D eigenvalue weighted by Gasteiger charge is 2.22. The third kappa shape index (κ3) is 2.46. The molecule has 2 rings (SSSR count). The van der Waals surface area contributed by atoms with Crippen LogP contribution in [-0.2, 0) is 6.54 Å². The molecule has 1 atom stereocenters. The van der Waals surface area contributed by atoms with Crippen LogP contribution in [0.4, 0.5) is 0 Å². The summed E-state index contributed by atoms with van der Waals surface area (Å²) >= 11 is 8.02. The summed E-state index contributed by atoms with van der Waals surface area (Å²) in [5.74, 6) is 0. The van der Waals surface area contributed by atoms with E-state index in [-0.39, 0.29) is 6.04 Å². The molecule has 0 aliphatic rings. The van der Waals surface area contributed by atoms with Gasteiger partial charge in [-0.1, -0.05) is 18.5 Å². The normalized spacial score (nSPS) is 12.9. The number of aromatic nitrogens is 2. The first-order chi connectivity index (χ1) is 8.69. The molecule has 98 valence electrons. The summed E-state index contributed by atoms with van der Waals surface area (Å²) in [6, 6.07) is 0.109. The predicted octanol–water partition coefficient (Wildman–Crippen LogP) is 3.63. The number of hydrogen-bond acceptors (Lipinski definition) is 3. The zero-order chi connectivity index (χ0) is 13.1. The van der Waals surface area contributed by atoms with E-state index in [1.807, 2.05) is 11.7 Å². The molecule has 0 saturated heterocycles. The molecule has 1 unspecified atom stereocenters. The summed E-state index contributed by atoms with van der Waals surface area (Å²) in [4.78, 5) is 0. The van der Waals surface area contributed by atoms with E-state index in [1.165, 1.54) is 11.1 Å². The van der Waals surface area contributed by atoms with Crippen molar-refractivity contribution in [1.82, 2.24) is 15.1 Å². The van der Waals surface area contributed by atoms with Gasteiger partial charge in [0.05, 0.1) is 23.0 Å². The Bertz CT molecular complexity index is 518. The predicted molar refractivity (Wildman–Crippen MR) is 77.5 cm³/mol. The van der Waals surface area contributed by atoms with E-state index in [2.05, 4.69) is 35.0 Å². The molecule has 0 aromatic carbocycles. The van der Waals surface area contributed by atoms with Crippen LogP contribution in [0.25, 0.3) is 0 Å². The van der Waals surface area contributed by atoms with Crippen molar-refractivity contribution in [2.24, 2.45) is 0 Å². The van der Waals surface area contributed by atoms with Crippen LogP contribution in [0.2, 0.25) is 5.02 Å². The molecule has 0 saturated carbocycles. The standard InChI is InChI=1S/C13H18ClN3S/c1-4-5-17-13(11(14)6-16-17)12(15-3)10-8-18-7-9(10)2/h6-8,12,15H,4-5H2,1-3H3. The molecule has 0 fully saturated rings. The van der Waals surface area contributed by atoms with Crippen LogP contribution in [0.15, 0.2) is 17.0 Å². The first kappa shape index (κ1) is 13.6. The quantitative estimate of drug-likeness (QED) is 0.908. The summed E-state index contributed by atoms with van der Waals surface area (Å²) in [6.45, 7) is 5.16. The monoisotopic (exact) mass is 283 g/mol. The lowest BCUT2D eigenvalue weighted by atomic mass is 10.0. The molecule has 1 N–H and O–H groups in total. The number of nitrogens with zero attached hydrogens (tertiary/aromatic N) is 2. The van der Waals surface area contributed by atoms with Gasteiger partial charge in [-0.05, 0) is 42.3 Å². The molecule has 0 bridgehead atoms. The van der Waals surface area contributed by atoms with Gasteiger partial charge in [0, 0.05) is 6.54 Å². The number of nitrogens with one attached hydrogen (secondary N) is 1. The van der Waals surface area contributed by atoms with Crippen molar-refractivity contribution in [1.29, 1.82) is 0 Å². The Labute approximate surface area is 117 Å². The fraction of sp³-hybridized carbons (Fsp3) is 0.462. The SMILES string of the molecule is CCCn1ncc(Cl)c1C(NC)c1cscc1C. The minimum absolute atomic E-state index is 0.109. The van der Waals surface area contributed by atoms with Gasteiger partial charge in [-0.25, -0.2) is 0 Å². The maximum atomic E-state index is 6.30. The van der Waals surface area contributed by atoms with Gasteiger partial charge in [-0.15, -0.1) is 0 Å². The number of aryl methyl sites for hydroxylation is 2. The van der Waals surface area contributed by atoms with Gasteiger partial charge in [0.25, 0.3) is 0 Å². The average molecular weight is 284 g/mol. The van der Waals surface area contributed by atoms with Crippen molar-refractivity contribution in [3.63, 3.8) is 0 Å². The van der Waals surface area contributed by atoms with Gasteiger partial charge in [0.1, 0.15) is 0 Å². The molecule has 2 aromatic heterocycles. The van der Waals surface area contributed by atoms with Crippen LogP contribution < -0.4 is 5.32 Å². The van der Waals surface area contributed by atoms with Crippen LogP contribution in [0.5, 0.6) is 0 Å². The van der Waals surface area contributed by atoms with Crippen LogP contribution in [-0.4, -0.2) is 16.8 Å². The Morgan fingerprint density at radius 3 is 2.83 bits per heavy atom. The van der Waals surface area contributed by atoms with Crippen molar-refractivity contribution >= 4 is 22.9 Å². The lowest BCUT2D eigenvalue weighted by molar-refractivity contribution is 0.534. The van der Waals surface area contributed by atoms with E-state index in [4.69, 9.17) is 11.6 Å². The van der Waals surface area contributed by atoms with E-state index in [0.29, 0.717) is 0 Å². The topological polar surface area (TPSA) is 29.9 Å². The highest BCUT2D eigenvalue weighted by atomic mass is 35.5. The minimum Gasteiger partial charge on any atom is -0.308 e. The molecule has 0 radical (unpaired) electrons. The number of rotatable bonds is 5. The van der Waals surface area contributed by atoms with E-state index >= 15 is 0 Å². The molecule has 5 heteroatoms. The van der Waals surface area contributed by atoms with Gasteiger partial charge in [-0.2, -0.15) is 16.4 Å². The molecule has 18 heavy (non-hydrogen) atoms. The fourth-order valence-electron chi connectivity index (χ4n) is 2.15. The lowest BCUT2D eigenvalue weighted by Crippen LogP contribution is -2.22. The number of thiophene rings is 1. The number of hydrogen-bond donors (Lipinski definition) is 1. The Hall–Kier alpha value is -0.840. The zero-order valence-corrected chi connectivity index (χ0v) is 12.5. The minimum atomic E-state index is 0.109. The van der Waals surface area contributed by atoms with E-state index in [1.54, 1.807) is 17.5 Å². The highest BCUT2D eigenvalue weighted by molar-refractivity contribution is 7.08. The van der Waals surface area contributed by atoms with Gasteiger partial charge in [0.15, 0.2) is 0 Å². The summed E-state index contributed by atoms with van der Waals surface area (Å²) in [7, 11) is 1.96. The molecule has 0 aliphatic carbocycles. The summed E-state index contributed by atoms with van der Waals surface area (Å²) in [5.41, 5.74) is 3.63. The van der Waals surface area contributed by atoms with E-state index in [0.717, 1.165) is 23.7 Å². The third-order valence-electron chi connectivity index (χ3n) is 3.04. The Morgan fingerprint density at radius 1 is 1.50 bits per heavy atom. The van der Waals surface area contributed by atoms with E-state index in [9.17, 15) is 0 Å². The van der Waals surface area contributed by atoms with Crippen molar-refractivity contribution in [2.45, 2.75) is 32.9 Å². The average Bonchev–Trinajstić information content (AvgIpc) is 2.91. The maximum Gasteiger partial charge on any atom is 0.0837 e. The molecule has 0 spiro atoms. The molecule has 0 amide bonds.